The molecule has 3 rings (SSSR count). The molecule has 0 bridgehead atoms. The number of rotatable bonds is 2. The maximum absolute atomic E-state index is 12.9. The lowest BCUT2D eigenvalue weighted by molar-refractivity contribution is -0.385. The second kappa shape index (κ2) is 5.92. The van der Waals surface area contributed by atoms with Crippen LogP contribution in [-0.2, 0) is 4.79 Å². The third kappa shape index (κ3) is 2.86. The molecular formula is C19H19N3O3. The monoisotopic (exact) mass is 337 g/mol. The number of nitriles is 1. The smallest absolute Gasteiger partial charge is 0.273 e. The first-order chi connectivity index (χ1) is 11.7. The van der Waals surface area contributed by atoms with Crippen LogP contribution in [0.1, 0.15) is 45.1 Å². The molecule has 0 spiro atoms. The van der Waals surface area contributed by atoms with Crippen LogP contribution in [0.2, 0.25) is 0 Å². The fraction of sp³-hybridized carbons (Fsp3) is 0.421. The van der Waals surface area contributed by atoms with Crippen LogP contribution in [0.3, 0.4) is 0 Å². The number of hydrogen-bond donors (Lipinski definition) is 0. The Kier molecular flexibility index (Phi) is 4.03. The Morgan fingerprint density at radius 2 is 2.00 bits per heavy atom. The molecule has 0 N–H and O–H groups in total. The van der Waals surface area contributed by atoms with Crippen molar-refractivity contribution in [2.24, 2.45) is 16.3 Å². The molecule has 1 aromatic rings. The summed E-state index contributed by atoms with van der Waals surface area (Å²) in [5.41, 5.74) is 1.90. The first kappa shape index (κ1) is 17.0. The quantitative estimate of drug-likeness (QED) is 0.603. The van der Waals surface area contributed by atoms with Crippen LogP contribution in [0.25, 0.3) is 0 Å². The van der Waals surface area contributed by atoms with Crippen molar-refractivity contribution in [3.63, 3.8) is 0 Å². The third-order valence-corrected chi connectivity index (χ3v) is 4.91. The van der Waals surface area contributed by atoms with Crippen molar-refractivity contribution in [3.05, 3.63) is 51.2 Å². The fourth-order valence-electron chi connectivity index (χ4n) is 3.86. The summed E-state index contributed by atoms with van der Waals surface area (Å²) in [6, 6.07) is 8.56. The zero-order valence-electron chi connectivity index (χ0n) is 14.4. The molecule has 1 heterocycles. The van der Waals surface area contributed by atoms with E-state index in [0.717, 1.165) is 0 Å². The van der Waals surface area contributed by atoms with Crippen LogP contribution in [-0.4, -0.2) is 16.4 Å². The molecule has 0 amide bonds. The van der Waals surface area contributed by atoms with Gasteiger partial charge in [0.25, 0.3) is 5.69 Å². The average Bonchev–Trinajstić information content (AvgIpc) is 2.52. The number of carbonyl (C=O) groups excluding carboxylic acids is 1. The molecular weight excluding hydrogens is 318 g/mol. The van der Waals surface area contributed by atoms with Gasteiger partial charge in [0.15, 0.2) is 5.78 Å². The van der Waals surface area contributed by atoms with Gasteiger partial charge in [0.05, 0.1) is 16.9 Å². The summed E-state index contributed by atoms with van der Waals surface area (Å²) in [7, 11) is 0. The molecule has 6 nitrogen and oxygen atoms in total. The Morgan fingerprint density at radius 3 is 2.64 bits per heavy atom. The van der Waals surface area contributed by atoms with Crippen molar-refractivity contribution in [1.82, 2.24) is 0 Å². The van der Waals surface area contributed by atoms with E-state index in [9.17, 15) is 20.2 Å². The summed E-state index contributed by atoms with van der Waals surface area (Å²) in [5, 5.41) is 21.1. The summed E-state index contributed by atoms with van der Waals surface area (Å²) >= 11 is 0. The Balaban J connectivity index is 2.25. The topological polar surface area (TPSA) is 96.4 Å². The summed E-state index contributed by atoms with van der Waals surface area (Å²) < 4.78 is 0. The lowest BCUT2D eigenvalue weighted by Gasteiger charge is -2.37. The van der Waals surface area contributed by atoms with Crippen molar-refractivity contribution in [1.29, 1.82) is 5.26 Å². The van der Waals surface area contributed by atoms with Crippen LogP contribution in [0.5, 0.6) is 0 Å². The second-order valence-electron chi connectivity index (χ2n) is 7.45. The van der Waals surface area contributed by atoms with Crippen LogP contribution in [0, 0.1) is 32.8 Å². The van der Waals surface area contributed by atoms with E-state index < -0.39 is 16.8 Å². The van der Waals surface area contributed by atoms with Gasteiger partial charge in [-0.1, -0.05) is 32.0 Å². The normalized spacial score (nSPS) is 25.0. The number of hydrogen-bond acceptors (Lipinski definition) is 5. The minimum absolute atomic E-state index is 0.0630. The Morgan fingerprint density at radius 1 is 1.32 bits per heavy atom. The molecule has 2 unspecified atom stereocenters. The van der Waals surface area contributed by atoms with Crippen molar-refractivity contribution < 1.29 is 9.72 Å². The maximum Gasteiger partial charge on any atom is 0.273 e. The minimum atomic E-state index is -0.676. The number of carbonyl (C=O) groups is 1. The van der Waals surface area contributed by atoms with Gasteiger partial charge in [-0.05, 0) is 18.8 Å². The minimum Gasteiger partial charge on any atom is -0.294 e. The van der Waals surface area contributed by atoms with E-state index in [-0.39, 0.29) is 16.9 Å². The number of ketones is 1. The highest BCUT2D eigenvalue weighted by molar-refractivity contribution is 6.03. The second-order valence-corrected chi connectivity index (χ2v) is 7.45. The van der Waals surface area contributed by atoms with Gasteiger partial charge in [0.1, 0.15) is 0 Å². The molecule has 0 saturated heterocycles. The summed E-state index contributed by atoms with van der Waals surface area (Å²) in [5.74, 6) is -1.38. The van der Waals surface area contributed by atoms with E-state index in [2.05, 4.69) is 11.1 Å². The van der Waals surface area contributed by atoms with E-state index in [1.165, 1.54) is 6.07 Å². The van der Waals surface area contributed by atoms with Crippen molar-refractivity contribution in [2.75, 3.05) is 0 Å². The molecule has 2 atom stereocenters. The molecule has 128 valence electrons. The zero-order chi connectivity index (χ0) is 18.4. The molecule has 0 saturated carbocycles. The molecule has 0 fully saturated rings. The predicted molar refractivity (Wildman–Crippen MR) is 93.1 cm³/mol. The maximum atomic E-state index is 12.9. The number of allylic oxidation sites excluding steroid dienone is 2. The molecule has 25 heavy (non-hydrogen) atoms. The van der Waals surface area contributed by atoms with Crippen LogP contribution < -0.4 is 0 Å². The van der Waals surface area contributed by atoms with E-state index in [4.69, 9.17) is 0 Å². The summed E-state index contributed by atoms with van der Waals surface area (Å²) in [4.78, 5) is 28.4. The number of nitrogens with zero attached hydrogens (tertiary/aromatic N) is 3. The first-order valence-corrected chi connectivity index (χ1v) is 8.19. The highest BCUT2D eigenvalue weighted by Crippen LogP contribution is 2.48. The van der Waals surface area contributed by atoms with Gasteiger partial charge >= 0.3 is 0 Å². The summed E-state index contributed by atoms with van der Waals surface area (Å²) in [6.07, 6.45) is 0.983. The number of nitro groups is 1. The van der Waals surface area contributed by atoms with Gasteiger partial charge in [-0.15, -0.1) is 0 Å². The predicted octanol–water partition coefficient (Wildman–Crippen LogP) is 3.94. The van der Waals surface area contributed by atoms with E-state index >= 15 is 0 Å². The number of Topliss-reactive ketones (excluding diaryl/α,β-unsaturated/α-hetero) is 1. The molecule has 1 aliphatic carbocycles. The molecule has 0 aromatic heterocycles. The average molecular weight is 337 g/mol. The number of aliphatic imine (C=N–C) groups is 1. The Labute approximate surface area is 146 Å². The molecule has 2 aliphatic rings. The van der Waals surface area contributed by atoms with Crippen molar-refractivity contribution in [2.45, 2.75) is 39.5 Å². The lowest BCUT2D eigenvalue weighted by atomic mass is 9.67. The fourth-order valence-corrected chi connectivity index (χ4v) is 3.86. The van der Waals surface area contributed by atoms with Crippen molar-refractivity contribution in [3.8, 4) is 6.07 Å². The van der Waals surface area contributed by atoms with Crippen molar-refractivity contribution >= 4 is 17.2 Å². The SMILES string of the molecule is CC1=NC2=C(C(=O)CC(C)(C)C2)C(c2ccccc2[N+](=O)[O-])C1C#N. The number of benzene rings is 1. The third-order valence-electron chi connectivity index (χ3n) is 4.91. The highest BCUT2D eigenvalue weighted by atomic mass is 16.6. The van der Waals surface area contributed by atoms with Crippen LogP contribution in [0.15, 0.2) is 40.5 Å². The number of para-hydroxylation sites is 1. The zero-order valence-corrected chi connectivity index (χ0v) is 14.4. The Bertz CT molecular complexity index is 874. The van der Waals surface area contributed by atoms with Gasteiger partial charge in [0, 0.05) is 41.0 Å². The highest BCUT2D eigenvalue weighted by Gasteiger charge is 2.44. The largest absolute Gasteiger partial charge is 0.294 e. The van der Waals surface area contributed by atoms with Gasteiger partial charge in [-0.2, -0.15) is 5.26 Å². The van der Waals surface area contributed by atoms with E-state index in [1.54, 1.807) is 25.1 Å². The lowest BCUT2D eigenvalue weighted by Crippen LogP contribution is -2.35. The molecule has 1 aromatic carbocycles. The van der Waals surface area contributed by atoms with E-state index in [1.807, 2.05) is 13.8 Å². The van der Waals surface area contributed by atoms with Gasteiger partial charge in [0.2, 0.25) is 0 Å². The Hall–Kier alpha value is -2.81. The standard InChI is InChI=1S/C19H19N3O3/c1-11-13(10-20)17(12-6-4-5-7-15(12)22(24)25)18-14(21-11)8-19(2,3)9-16(18)23/h4-7,13,17H,8-9H2,1-3H3. The molecule has 0 radical (unpaired) electrons. The van der Waals surface area contributed by atoms with Gasteiger partial charge in [-0.25, -0.2) is 0 Å². The number of nitro benzene ring substituents is 1. The van der Waals surface area contributed by atoms with Crippen LogP contribution >= 0.6 is 0 Å². The van der Waals surface area contributed by atoms with E-state index in [0.29, 0.717) is 35.4 Å². The van der Waals surface area contributed by atoms with Gasteiger partial charge < -0.3 is 0 Å². The summed E-state index contributed by atoms with van der Waals surface area (Å²) in [6.45, 7) is 5.78. The molecule has 1 aliphatic heterocycles. The van der Waals surface area contributed by atoms with Crippen LogP contribution in [0.4, 0.5) is 5.69 Å². The first-order valence-electron chi connectivity index (χ1n) is 8.19. The van der Waals surface area contributed by atoms with Gasteiger partial charge in [-0.3, -0.25) is 19.9 Å². The molecule has 6 heteroatoms.